The number of rotatable bonds is 8. The van der Waals surface area contributed by atoms with Crippen molar-refractivity contribution in [3.8, 4) is 0 Å². The van der Waals surface area contributed by atoms with Gasteiger partial charge in [-0.15, -0.1) is 0 Å². The van der Waals surface area contributed by atoms with Crippen LogP contribution in [0.5, 0.6) is 0 Å². The highest BCUT2D eigenvalue weighted by atomic mass is 32.2. The number of amidine groups is 1. The largest absolute Gasteiger partial charge is 0.388 e. The number of thioether (sulfide) groups is 1. The molecule has 0 fully saturated rings. The molecule has 0 aliphatic heterocycles. The topological polar surface area (TPSA) is 53.1 Å². The standard InChI is InChI=1S/C9H21N3S/c1-3-13-8-4-6-12(2)7-5-9(10)11/h3-8H2,1-2H3,(H3,10,11). The molecule has 13 heavy (non-hydrogen) atoms. The maximum Gasteiger partial charge on any atom is 0.0918 e. The minimum absolute atomic E-state index is 0.287. The zero-order valence-corrected chi connectivity index (χ0v) is 9.49. The fourth-order valence-corrected chi connectivity index (χ4v) is 1.63. The summed E-state index contributed by atoms with van der Waals surface area (Å²) in [5, 5.41) is 7.08. The van der Waals surface area contributed by atoms with Gasteiger partial charge < -0.3 is 10.6 Å². The SMILES string of the molecule is CCSCCCN(C)CCC(=N)N. The molecule has 0 saturated carbocycles. The fourth-order valence-electron chi connectivity index (χ4n) is 1.00. The first kappa shape index (κ1) is 12.8. The molecule has 3 nitrogen and oxygen atoms in total. The van der Waals surface area contributed by atoms with Gasteiger partial charge in [0.1, 0.15) is 0 Å². The first-order chi connectivity index (χ1) is 6.16. The first-order valence-corrected chi connectivity index (χ1v) is 5.91. The minimum Gasteiger partial charge on any atom is -0.388 e. The van der Waals surface area contributed by atoms with E-state index in [0.29, 0.717) is 6.42 Å². The molecule has 0 aromatic rings. The van der Waals surface area contributed by atoms with Crippen molar-refractivity contribution in [1.82, 2.24) is 4.90 Å². The van der Waals surface area contributed by atoms with E-state index >= 15 is 0 Å². The van der Waals surface area contributed by atoms with Crippen LogP contribution in [-0.2, 0) is 0 Å². The molecular weight excluding hydrogens is 182 g/mol. The Bertz CT molecular complexity index is 139. The van der Waals surface area contributed by atoms with Crippen LogP contribution in [0.15, 0.2) is 0 Å². The molecule has 3 N–H and O–H groups in total. The molecule has 0 atom stereocenters. The van der Waals surface area contributed by atoms with E-state index < -0.39 is 0 Å². The predicted octanol–water partition coefficient (Wildman–Crippen LogP) is 1.39. The molecule has 0 rings (SSSR count). The number of nitrogens with zero attached hydrogens (tertiary/aromatic N) is 1. The summed E-state index contributed by atoms with van der Waals surface area (Å²) in [6.45, 7) is 4.20. The quantitative estimate of drug-likeness (QED) is 0.356. The Balaban J connectivity index is 3.19. The van der Waals surface area contributed by atoms with Crippen LogP contribution < -0.4 is 5.73 Å². The minimum atomic E-state index is 0.287. The van der Waals surface area contributed by atoms with Gasteiger partial charge in [0.05, 0.1) is 5.84 Å². The molecule has 0 spiro atoms. The van der Waals surface area contributed by atoms with Crippen LogP contribution in [0.4, 0.5) is 0 Å². The monoisotopic (exact) mass is 203 g/mol. The summed E-state index contributed by atoms with van der Waals surface area (Å²) in [7, 11) is 2.08. The summed E-state index contributed by atoms with van der Waals surface area (Å²) < 4.78 is 0. The molecule has 0 aliphatic carbocycles. The van der Waals surface area contributed by atoms with Gasteiger partial charge >= 0.3 is 0 Å². The lowest BCUT2D eigenvalue weighted by Crippen LogP contribution is -2.25. The Labute approximate surface area is 85.6 Å². The van der Waals surface area contributed by atoms with Crippen molar-refractivity contribution < 1.29 is 0 Å². The fraction of sp³-hybridized carbons (Fsp3) is 0.889. The second kappa shape index (κ2) is 8.38. The van der Waals surface area contributed by atoms with E-state index in [9.17, 15) is 0 Å². The molecular formula is C9H21N3S. The van der Waals surface area contributed by atoms with Gasteiger partial charge in [0, 0.05) is 13.0 Å². The third-order valence-corrected chi connectivity index (χ3v) is 2.78. The van der Waals surface area contributed by atoms with E-state index in [1.165, 1.54) is 17.9 Å². The third kappa shape index (κ3) is 9.70. The summed E-state index contributed by atoms with van der Waals surface area (Å²) >= 11 is 1.98. The second-order valence-electron chi connectivity index (χ2n) is 3.13. The van der Waals surface area contributed by atoms with E-state index in [-0.39, 0.29) is 5.84 Å². The van der Waals surface area contributed by atoms with Crippen molar-refractivity contribution in [2.75, 3.05) is 31.6 Å². The molecule has 0 radical (unpaired) electrons. The average molecular weight is 203 g/mol. The molecule has 0 unspecified atom stereocenters. The highest BCUT2D eigenvalue weighted by Gasteiger charge is 1.98. The highest BCUT2D eigenvalue weighted by molar-refractivity contribution is 7.99. The third-order valence-electron chi connectivity index (χ3n) is 1.80. The Kier molecular flexibility index (Phi) is 8.24. The van der Waals surface area contributed by atoms with Gasteiger partial charge in [0.15, 0.2) is 0 Å². The number of nitrogens with two attached hydrogens (primary N) is 1. The van der Waals surface area contributed by atoms with Gasteiger partial charge in [-0.05, 0) is 31.5 Å². The van der Waals surface area contributed by atoms with Gasteiger partial charge in [-0.3, -0.25) is 5.41 Å². The number of nitrogens with one attached hydrogen (secondary N) is 1. The second-order valence-corrected chi connectivity index (χ2v) is 4.52. The van der Waals surface area contributed by atoms with Crippen LogP contribution in [0.1, 0.15) is 19.8 Å². The van der Waals surface area contributed by atoms with Crippen LogP contribution in [-0.4, -0.2) is 42.4 Å². The van der Waals surface area contributed by atoms with Crippen LogP contribution in [0, 0.1) is 5.41 Å². The lowest BCUT2D eigenvalue weighted by atomic mass is 10.3. The molecule has 0 aliphatic rings. The van der Waals surface area contributed by atoms with Crippen LogP contribution in [0.3, 0.4) is 0 Å². The molecule has 78 valence electrons. The molecule has 4 heteroatoms. The molecule has 0 heterocycles. The van der Waals surface area contributed by atoms with Gasteiger partial charge in [0.25, 0.3) is 0 Å². The average Bonchev–Trinajstić information content (AvgIpc) is 2.09. The zero-order valence-electron chi connectivity index (χ0n) is 8.68. The summed E-state index contributed by atoms with van der Waals surface area (Å²) in [5.74, 6) is 2.73. The Morgan fingerprint density at radius 1 is 1.46 bits per heavy atom. The van der Waals surface area contributed by atoms with E-state index in [4.69, 9.17) is 11.1 Å². The maximum absolute atomic E-state index is 7.08. The summed E-state index contributed by atoms with van der Waals surface area (Å²) in [6, 6.07) is 0. The van der Waals surface area contributed by atoms with E-state index in [1.807, 2.05) is 11.8 Å². The summed E-state index contributed by atoms with van der Waals surface area (Å²) in [6.07, 6.45) is 1.92. The number of hydrogen-bond acceptors (Lipinski definition) is 3. The summed E-state index contributed by atoms with van der Waals surface area (Å²) in [5.41, 5.74) is 5.27. The molecule has 0 aromatic carbocycles. The van der Waals surface area contributed by atoms with Crippen LogP contribution in [0.25, 0.3) is 0 Å². The van der Waals surface area contributed by atoms with Crippen molar-refractivity contribution in [3.05, 3.63) is 0 Å². The molecule has 0 saturated heterocycles. The Hall–Kier alpha value is -0.220. The predicted molar refractivity (Wildman–Crippen MR) is 61.6 cm³/mol. The van der Waals surface area contributed by atoms with Crippen molar-refractivity contribution in [2.45, 2.75) is 19.8 Å². The van der Waals surface area contributed by atoms with Crippen LogP contribution >= 0.6 is 11.8 Å². The lowest BCUT2D eigenvalue weighted by Gasteiger charge is -2.15. The van der Waals surface area contributed by atoms with Crippen molar-refractivity contribution in [2.24, 2.45) is 5.73 Å². The highest BCUT2D eigenvalue weighted by Crippen LogP contribution is 2.01. The maximum atomic E-state index is 7.08. The Morgan fingerprint density at radius 3 is 2.69 bits per heavy atom. The first-order valence-electron chi connectivity index (χ1n) is 4.76. The smallest absolute Gasteiger partial charge is 0.0918 e. The zero-order chi connectivity index (χ0) is 10.1. The Morgan fingerprint density at radius 2 is 2.15 bits per heavy atom. The van der Waals surface area contributed by atoms with Gasteiger partial charge in [-0.2, -0.15) is 11.8 Å². The van der Waals surface area contributed by atoms with Gasteiger partial charge in [0.2, 0.25) is 0 Å². The molecule has 0 bridgehead atoms. The summed E-state index contributed by atoms with van der Waals surface area (Å²) in [4.78, 5) is 2.23. The molecule has 0 amide bonds. The van der Waals surface area contributed by atoms with E-state index in [0.717, 1.165) is 13.1 Å². The van der Waals surface area contributed by atoms with Crippen molar-refractivity contribution in [3.63, 3.8) is 0 Å². The van der Waals surface area contributed by atoms with Crippen molar-refractivity contribution >= 4 is 17.6 Å². The van der Waals surface area contributed by atoms with E-state index in [1.54, 1.807) is 0 Å². The lowest BCUT2D eigenvalue weighted by molar-refractivity contribution is 0.345. The normalized spacial score (nSPS) is 10.7. The van der Waals surface area contributed by atoms with E-state index in [2.05, 4.69) is 18.9 Å². The molecule has 0 aromatic heterocycles. The van der Waals surface area contributed by atoms with Gasteiger partial charge in [-0.25, -0.2) is 0 Å². The van der Waals surface area contributed by atoms with Crippen LogP contribution in [0.2, 0.25) is 0 Å². The van der Waals surface area contributed by atoms with Gasteiger partial charge in [-0.1, -0.05) is 6.92 Å². The number of hydrogen-bond donors (Lipinski definition) is 2. The van der Waals surface area contributed by atoms with Crippen molar-refractivity contribution in [1.29, 1.82) is 5.41 Å².